The van der Waals surface area contributed by atoms with Gasteiger partial charge in [-0.15, -0.1) is 0 Å². The molecular formula is C15H16BrClN2. The smallest absolute Gasteiger partial charge is 0.0503 e. The average molecular weight is 340 g/mol. The number of rotatable bonds is 4. The molecule has 2 aromatic carbocycles. The summed E-state index contributed by atoms with van der Waals surface area (Å²) in [5.74, 6) is 5.70. The summed E-state index contributed by atoms with van der Waals surface area (Å²) in [7, 11) is 0. The topological polar surface area (TPSA) is 38.0 Å². The molecule has 0 aliphatic rings. The van der Waals surface area contributed by atoms with Crippen LogP contribution >= 0.6 is 27.5 Å². The molecule has 0 heterocycles. The van der Waals surface area contributed by atoms with Gasteiger partial charge in [0, 0.05) is 9.50 Å². The average Bonchev–Trinajstić information content (AvgIpc) is 2.41. The van der Waals surface area contributed by atoms with Crippen molar-refractivity contribution in [1.82, 2.24) is 5.43 Å². The zero-order valence-electron chi connectivity index (χ0n) is 10.7. The first kappa shape index (κ1) is 14.5. The summed E-state index contributed by atoms with van der Waals surface area (Å²) >= 11 is 9.50. The lowest BCUT2D eigenvalue weighted by molar-refractivity contribution is 0.549. The Morgan fingerprint density at radius 3 is 2.53 bits per heavy atom. The summed E-state index contributed by atoms with van der Waals surface area (Å²) in [6.07, 6.45) is 0.824. The molecule has 2 rings (SSSR count). The van der Waals surface area contributed by atoms with Gasteiger partial charge < -0.3 is 0 Å². The number of halogens is 2. The second kappa shape index (κ2) is 6.53. The van der Waals surface area contributed by atoms with Crippen LogP contribution in [-0.2, 0) is 6.42 Å². The van der Waals surface area contributed by atoms with Crippen LogP contribution in [0.4, 0.5) is 0 Å². The lowest BCUT2D eigenvalue weighted by Gasteiger charge is -2.19. The molecule has 0 spiro atoms. The quantitative estimate of drug-likeness (QED) is 0.648. The molecule has 0 fully saturated rings. The molecule has 1 atom stereocenters. The Labute approximate surface area is 127 Å². The van der Waals surface area contributed by atoms with E-state index in [4.69, 9.17) is 17.4 Å². The Balaban J connectivity index is 2.24. The van der Waals surface area contributed by atoms with E-state index in [1.807, 2.05) is 30.3 Å². The third kappa shape index (κ3) is 3.80. The number of nitrogens with two attached hydrogens (primary N) is 1. The van der Waals surface area contributed by atoms with Gasteiger partial charge in [-0.1, -0.05) is 45.7 Å². The van der Waals surface area contributed by atoms with E-state index in [9.17, 15) is 0 Å². The van der Waals surface area contributed by atoms with Crippen LogP contribution in [0.3, 0.4) is 0 Å². The maximum atomic E-state index is 6.07. The highest BCUT2D eigenvalue weighted by Gasteiger charge is 2.13. The first-order valence-corrected chi connectivity index (χ1v) is 7.24. The molecule has 0 aliphatic carbocycles. The van der Waals surface area contributed by atoms with Crippen LogP contribution in [0.2, 0.25) is 5.02 Å². The zero-order chi connectivity index (χ0) is 13.8. The fourth-order valence-electron chi connectivity index (χ4n) is 2.10. The second-order valence-electron chi connectivity index (χ2n) is 4.55. The predicted molar refractivity (Wildman–Crippen MR) is 84.1 cm³/mol. The Bertz CT molecular complexity index is 555. The molecule has 19 heavy (non-hydrogen) atoms. The van der Waals surface area contributed by atoms with Gasteiger partial charge in [-0.05, 0) is 54.3 Å². The minimum atomic E-state index is 0.0554. The second-order valence-corrected chi connectivity index (χ2v) is 5.90. The molecule has 2 nitrogen and oxygen atoms in total. The van der Waals surface area contributed by atoms with E-state index in [0.717, 1.165) is 21.5 Å². The summed E-state index contributed by atoms with van der Waals surface area (Å²) in [4.78, 5) is 0. The van der Waals surface area contributed by atoms with Crippen molar-refractivity contribution in [2.75, 3.05) is 0 Å². The van der Waals surface area contributed by atoms with Crippen molar-refractivity contribution in [3.05, 3.63) is 68.7 Å². The molecule has 1 unspecified atom stereocenters. The fraction of sp³-hybridized carbons (Fsp3) is 0.200. The third-order valence-corrected chi connectivity index (χ3v) is 3.93. The molecule has 0 aromatic heterocycles. The van der Waals surface area contributed by atoms with Crippen molar-refractivity contribution >= 4 is 27.5 Å². The van der Waals surface area contributed by atoms with Crippen LogP contribution in [-0.4, -0.2) is 0 Å². The third-order valence-electron chi connectivity index (χ3n) is 3.17. The maximum Gasteiger partial charge on any atom is 0.0503 e. The van der Waals surface area contributed by atoms with Gasteiger partial charge in [0.15, 0.2) is 0 Å². The number of hydrogen-bond donors (Lipinski definition) is 2. The number of nitrogens with one attached hydrogen (secondary N) is 1. The van der Waals surface area contributed by atoms with Crippen LogP contribution < -0.4 is 11.3 Å². The van der Waals surface area contributed by atoms with Crippen LogP contribution in [0.25, 0.3) is 0 Å². The Kier molecular flexibility index (Phi) is 4.99. The highest BCUT2D eigenvalue weighted by Crippen LogP contribution is 2.25. The number of hydrogen-bond acceptors (Lipinski definition) is 2. The van der Waals surface area contributed by atoms with E-state index in [-0.39, 0.29) is 6.04 Å². The van der Waals surface area contributed by atoms with Gasteiger partial charge in [0.05, 0.1) is 6.04 Å². The Hall–Kier alpha value is -0.870. The molecule has 0 bridgehead atoms. The minimum absolute atomic E-state index is 0.0554. The summed E-state index contributed by atoms with van der Waals surface area (Å²) < 4.78 is 1.08. The fourth-order valence-corrected chi connectivity index (χ4v) is 2.55. The predicted octanol–water partition coefficient (Wildman–Crippen LogP) is 4.16. The minimum Gasteiger partial charge on any atom is -0.271 e. The normalized spacial score (nSPS) is 12.4. The largest absolute Gasteiger partial charge is 0.271 e. The first-order valence-electron chi connectivity index (χ1n) is 6.07. The zero-order valence-corrected chi connectivity index (χ0v) is 13.0. The molecule has 100 valence electrons. The number of aryl methyl sites for hydroxylation is 1. The van der Waals surface area contributed by atoms with E-state index in [0.29, 0.717) is 0 Å². The molecular weight excluding hydrogens is 324 g/mol. The number of benzene rings is 2. The van der Waals surface area contributed by atoms with Crippen molar-refractivity contribution in [2.45, 2.75) is 19.4 Å². The SMILES string of the molecule is Cc1ccc(Cl)cc1C(Cc1ccc(Br)cc1)NN. The Morgan fingerprint density at radius 1 is 1.21 bits per heavy atom. The van der Waals surface area contributed by atoms with Gasteiger partial charge in [-0.25, -0.2) is 0 Å². The van der Waals surface area contributed by atoms with E-state index in [1.54, 1.807) is 0 Å². The van der Waals surface area contributed by atoms with Gasteiger partial charge in [-0.2, -0.15) is 0 Å². The molecule has 3 N–H and O–H groups in total. The number of hydrazine groups is 1. The molecule has 0 amide bonds. The lowest BCUT2D eigenvalue weighted by atomic mass is 9.96. The molecule has 0 saturated heterocycles. The highest BCUT2D eigenvalue weighted by atomic mass is 79.9. The Morgan fingerprint density at radius 2 is 1.89 bits per heavy atom. The van der Waals surface area contributed by atoms with Crippen LogP contribution in [0, 0.1) is 6.92 Å². The highest BCUT2D eigenvalue weighted by molar-refractivity contribution is 9.10. The van der Waals surface area contributed by atoms with Crippen molar-refractivity contribution in [1.29, 1.82) is 0 Å². The van der Waals surface area contributed by atoms with Crippen molar-refractivity contribution < 1.29 is 0 Å². The first-order chi connectivity index (χ1) is 9.10. The summed E-state index contributed by atoms with van der Waals surface area (Å²) in [6, 6.07) is 14.2. The van der Waals surface area contributed by atoms with Gasteiger partial charge in [0.1, 0.15) is 0 Å². The maximum absolute atomic E-state index is 6.07. The molecule has 0 saturated carbocycles. The van der Waals surface area contributed by atoms with Crippen molar-refractivity contribution in [2.24, 2.45) is 5.84 Å². The van der Waals surface area contributed by atoms with Gasteiger partial charge >= 0.3 is 0 Å². The van der Waals surface area contributed by atoms with Gasteiger partial charge in [-0.3, -0.25) is 11.3 Å². The molecule has 0 aliphatic heterocycles. The van der Waals surface area contributed by atoms with Crippen molar-refractivity contribution in [3.63, 3.8) is 0 Å². The summed E-state index contributed by atoms with van der Waals surface area (Å²) in [5.41, 5.74) is 6.43. The van der Waals surface area contributed by atoms with Crippen LogP contribution in [0.1, 0.15) is 22.7 Å². The van der Waals surface area contributed by atoms with Gasteiger partial charge in [0.25, 0.3) is 0 Å². The lowest BCUT2D eigenvalue weighted by Crippen LogP contribution is -2.30. The summed E-state index contributed by atoms with van der Waals surface area (Å²) in [6.45, 7) is 2.07. The molecule has 0 radical (unpaired) electrons. The van der Waals surface area contributed by atoms with E-state index in [1.165, 1.54) is 11.1 Å². The monoisotopic (exact) mass is 338 g/mol. The molecule has 4 heteroatoms. The summed E-state index contributed by atoms with van der Waals surface area (Å²) in [5, 5.41) is 0.733. The van der Waals surface area contributed by atoms with Gasteiger partial charge in [0.2, 0.25) is 0 Å². The molecule has 2 aromatic rings. The van der Waals surface area contributed by atoms with Crippen molar-refractivity contribution in [3.8, 4) is 0 Å². The van der Waals surface area contributed by atoms with E-state index in [2.05, 4.69) is 40.4 Å². The van der Waals surface area contributed by atoms with Crippen LogP contribution in [0.5, 0.6) is 0 Å². The standard InChI is InChI=1S/C15H16BrClN2/c1-10-2-7-13(17)9-14(10)15(19-18)8-11-3-5-12(16)6-4-11/h2-7,9,15,19H,8,18H2,1H3. The van der Waals surface area contributed by atoms with E-state index < -0.39 is 0 Å². The van der Waals surface area contributed by atoms with E-state index >= 15 is 0 Å². The van der Waals surface area contributed by atoms with Crippen LogP contribution in [0.15, 0.2) is 46.9 Å².